The van der Waals surface area contributed by atoms with E-state index in [1.165, 1.54) is 98.9 Å². The standard InChI is InChI=1S/C52H42N2/c1-7-22-46(53-48-24-9-3-18-42(48)43-19-4-10-25-49(43)53)40(16-1)36-14-13-15-37(33-36)41-17-2-8-23-47(41)54-50-26-11-5-20-44(50)52(45-21-6-12-27-51(45)54)38-29-34-28-35(31-38)32-39(52)30-34/h1-27,33-35,38-39H,28-32H2/t34-,35?,38-,39?/m0/s1. The molecule has 0 amide bonds. The second-order valence-corrected chi connectivity index (χ2v) is 16.5. The first-order chi connectivity index (χ1) is 26.8. The third-order valence-electron chi connectivity index (χ3n) is 14.0. The summed E-state index contributed by atoms with van der Waals surface area (Å²) < 4.78 is 2.45. The molecule has 0 radical (unpaired) electrons. The molecular weight excluding hydrogens is 653 g/mol. The second kappa shape index (κ2) is 11.6. The number of nitrogens with zero attached hydrogens (tertiary/aromatic N) is 2. The van der Waals surface area contributed by atoms with Crippen molar-refractivity contribution < 1.29 is 0 Å². The highest BCUT2D eigenvalue weighted by atomic mass is 15.2. The van der Waals surface area contributed by atoms with E-state index in [1.54, 1.807) is 11.1 Å². The summed E-state index contributed by atoms with van der Waals surface area (Å²) in [6, 6.07) is 63.8. The average Bonchev–Trinajstić information content (AvgIpc) is 3.56. The van der Waals surface area contributed by atoms with Crippen molar-refractivity contribution in [1.29, 1.82) is 0 Å². The Bertz CT molecular complexity index is 2640. The summed E-state index contributed by atoms with van der Waals surface area (Å²) in [4.78, 5) is 2.61. The van der Waals surface area contributed by atoms with E-state index < -0.39 is 0 Å². The Morgan fingerprint density at radius 3 is 1.41 bits per heavy atom. The topological polar surface area (TPSA) is 8.17 Å². The summed E-state index contributed by atoms with van der Waals surface area (Å²) in [5, 5.41) is 2.56. The maximum absolute atomic E-state index is 2.61. The van der Waals surface area contributed by atoms with Crippen molar-refractivity contribution in [3.8, 4) is 27.9 Å². The molecule has 4 aliphatic carbocycles. The van der Waals surface area contributed by atoms with Crippen LogP contribution >= 0.6 is 0 Å². The van der Waals surface area contributed by atoms with Gasteiger partial charge in [-0.3, -0.25) is 0 Å². The number of hydrogen-bond donors (Lipinski definition) is 0. The first-order valence-electron chi connectivity index (χ1n) is 20.0. The number of fused-ring (bicyclic) bond motifs is 5. The maximum Gasteiger partial charge on any atom is 0.0541 e. The highest BCUT2D eigenvalue weighted by Gasteiger charge is 2.61. The Balaban J connectivity index is 1.02. The van der Waals surface area contributed by atoms with Gasteiger partial charge in [0.15, 0.2) is 0 Å². The molecule has 0 saturated heterocycles. The zero-order valence-corrected chi connectivity index (χ0v) is 30.4. The Morgan fingerprint density at radius 2 is 0.833 bits per heavy atom. The minimum absolute atomic E-state index is 0.0997. The van der Waals surface area contributed by atoms with Gasteiger partial charge in [0, 0.05) is 27.3 Å². The van der Waals surface area contributed by atoms with Crippen molar-refractivity contribution >= 4 is 38.9 Å². The molecule has 5 aliphatic rings. The molecule has 2 heterocycles. The number of benzene rings is 7. The SMILES string of the molecule is c1cc(-c2ccccc2N2c3ccccc3C3(c4ccccc42)C2CC4C[C@H](C2)C[C@H]3C4)cc(-c2ccccc2-n2c3ccccc3c3ccccc32)c1. The number of aromatic nitrogens is 1. The van der Waals surface area contributed by atoms with Crippen LogP contribution in [0.15, 0.2) is 170 Å². The molecule has 13 rings (SSSR count). The first kappa shape index (κ1) is 30.6. The first-order valence-corrected chi connectivity index (χ1v) is 20.0. The summed E-state index contributed by atoms with van der Waals surface area (Å²) in [7, 11) is 0. The van der Waals surface area contributed by atoms with Crippen molar-refractivity contribution in [2.45, 2.75) is 37.5 Å². The van der Waals surface area contributed by atoms with Gasteiger partial charge in [0.1, 0.15) is 0 Å². The smallest absolute Gasteiger partial charge is 0.0541 e. The molecule has 1 aliphatic heterocycles. The lowest BCUT2D eigenvalue weighted by molar-refractivity contribution is -0.0419. The lowest BCUT2D eigenvalue weighted by atomic mass is 9.41. The molecule has 0 N–H and O–H groups in total. The maximum atomic E-state index is 2.61. The second-order valence-electron chi connectivity index (χ2n) is 16.5. The minimum Gasteiger partial charge on any atom is -0.309 e. The van der Waals surface area contributed by atoms with Crippen molar-refractivity contribution in [3.63, 3.8) is 0 Å². The van der Waals surface area contributed by atoms with Gasteiger partial charge >= 0.3 is 0 Å². The van der Waals surface area contributed by atoms with Gasteiger partial charge in [0.2, 0.25) is 0 Å². The van der Waals surface area contributed by atoms with E-state index in [2.05, 4.69) is 179 Å². The molecule has 4 fully saturated rings. The van der Waals surface area contributed by atoms with Crippen LogP contribution in [0.25, 0.3) is 49.7 Å². The molecular formula is C52H42N2. The normalized spacial score (nSPS) is 21.8. The summed E-state index contributed by atoms with van der Waals surface area (Å²) >= 11 is 0. The van der Waals surface area contributed by atoms with Gasteiger partial charge in [0.25, 0.3) is 0 Å². The lowest BCUT2D eigenvalue weighted by Crippen LogP contribution is -2.57. The Kier molecular flexibility index (Phi) is 6.55. The van der Waals surface area contributed by atoms with Gasteiger partial charge < -0.3 is 9.47 Å². The molecule has 260 valence electrons. The molecule has 54 heavy (non-hydrogen) atoms. The van der Waals surface area contributed by atoms with Crippen LogP contribution < -0.4 is 4.90 Å². The van der Waals surface area contributed by atoms with Crippen molar-refractivity contribution in [2.75, 3.05) is 4.90 Å². The number of rotatable bonds is 4. The van der Waals surface area contributed by atoms with Crippen LogP contribution in [0.5, 0.6) is 0 Å². The van der Waals surface area contributed by atoms with Gasteiger partial charge in [-0.2, -0.15) is 0 Å². The van der Waals surface area contributed by atoms with Crippen LogP contribution in [0.1, 0.15) is 43.2 Å². The van der Waals surface area contributed by atoms with Crippen LogP contribution in [-0.2, 0) is 5.41 Å². The van der Waals surface area contributed by atoms with Crippen molar-refractivity contribution in [2.24, 2.45) is 23.7 Å². The molecule has 1 aromatic heterocycles. The van der Waals surface area contributed by atoms with Gasteiger partial charge in [-0.1, -0.05) is 127 Å². The molecule has 4 bridgehead atoms. The largest absolute Gasteiger partial charge is 0.309 e. The van der Waals surface area contributed by atoms with Crippen LogP contribution in [0.3, 0.4) is 0 Å². The number of anilines is 3. The summed E-state index contributed by atoms with van der Waals surface area (Å²) in [6.45, 7) is 0. The third-order valence-corrected chi connectivity index (χ3v) is 14.0. The highest BCUT2D eigenvalue weighted by Crippen LogP contribution is 2.69. The zero-order chi connectivity index (χ0) is 35.4. The van der Waals surface area contributed by atoms with Crippen molar-refractivity contribution in [3.05, 3.63) is 181 Å². The van der Waals surface area contributed by atoms with E-state index in [9.17, 15) is 0 Å². The van der Waals surface area contributed by atoms with E-state index in [-0.39, 0.29) is 5.41 Å². The molecule has 0 atom stereocenters. The molecule has 4 saturated carbocycles. The van der Waals surface area contributed by atoms with Crippen LogP contribution in [0.4, 0.5) is 17.1 Å². The molecule has 2 nitrogen and oxygen atoms in total. The predicted molar refractivity (Wildman–Crippen MR) is 224 cm³/mol. The zero-order valence-electron chi connectivity index (χ0n) is 30.4. The lowest BCUT2D eigenvalue weighted by Gasteiger charge is -2.64. The van der Waals surface area contributed by atoms with Crippen LogP contribution in [0.2, 0.25) is 0 Å². The molecule has 2 heteroatoms. The van der Waals surface area contributed by atoms with E-state index in [1.807, 2.05) is 0 Å². The molecule has 0 unspecified atom stereocenters. The van der Waals surface area contributed by atoms with E-state index in [0.717, 1.165) is 23.7 Å². The van der Waals surface area contributed by atoms with Gasteiger partial charge in [-0.25, -0.2) is 0 Å². The minimum atomic E-state index is 0.0997. The molecule has 8 aromatic rings. The highest BCUT2D eigenvalue weighted by molar-refractivity contribution is 6.09. The fourth-order valence-electron chi connectivity index (χ4n) is 12.2. The van der Waals surface area contributed by atoms with E-state index in [4.69, 9.17) is 0 Å². The van der Waals surface area contributed by atoms with Gasteiger partial charge in [0.05, 0.1) is 33.8 Å². The summed E-state index contributed by atoms with van der Waals surface area (Å²) in [6.07, 6.45) is 7.00. The van der Waals surface area contributed by atoms with Gasteiger partial charge in [-0.15, -0.1) is 0 Å². The molecule has 1 spiro atoms. The Hall–Kier alpha value is -5.86. The predicted octanol–water partition coefficient (Wildman–Crippen LogP) is 13.6. The average molecular weight is 695 g/mol. The number of para-hydroxylation sites is 6. The summed E-state index contributed by atoms with van der Waals surface area (Å²) in [5.41, 5.74) is 15.7. The third kappa shape index (κ3) is 4.17. The van der Waals surface area contributed by atoms with Gasteiger partial charge in [-0.05, 0) is 120 Å². The Morgan fingerprint density at radius 1 is 0.389 bits per heavy atom. The van der Waals surface area contributed by atoms with E-state index >= 15 is 0 Å². The Labute approximate surface area is 317 Å². The van der Waals surface area contributed by atoms with Crippen molar-refractivity contribution in [1.82, 2.24) is 4.57 Å². The fraction of sp³-hybridized carbons (Fsp3) is 0.192. The quantitative estimate of drug-likeness (QED) is 0.178. The monoisotopic (exact) mass is 694 g/mol. The summed E-state index contributed by atoms with van der Waals surface area (Å²) in [5.74, 6) is 3.28. The van der Waals surface area contributed by atoms with Crippen LogP contribution in [-0.4, -0.2) is 4.57 Å². The molecule has 7 aromatic carbocycles. The van der Waals surface area contributed by atoms with Crippen LogP contribution in [0, 0.1) is 23.7 Å². The van der Waals surface area contributed by atoms with E-state index in [0.29, 0.717) is 0 Å². The fourth-order valence-corrected chi connectivity index (χ4v) is 12.2. The number of hydrogen-bond acceptors (Lipinski definition) is 1.